The molecule has 0 spiro atoms. The van der Waals surface area contributed by atoms with Crippen molar-refractivity contribution in [3.63, 3.8) is 0 Å². The minimum Gasteiger partial charge on any atom is -0.457 e. The van der Waals surface area contributed by atoms with E-state index in [0.717, 1.165) is 54.5 Å². The number of ether oxygens (including phenoxy) is 2. The third-order valence-electron chi connectivity index (χ3n) is 7.45. The number of ketones is 1. The lowest BCUT2D eigenvalue weighted by Crippen LogP contribution is -2.33. The van der Waals surface area contributed by atoms with E-state index >= 15 is 0 Å². The summed E-state index contributed by atoms with van der Waals surface area (Å²) >= 11 is 0. The van der Waals surface area contributed by atoms with Crippen LogP contribution in [0.1, 0.15) is 98.9 Å². The van der Waals surface area contributed by atoms with Crippen molar-refractivity contribution in [3.8, 4) is 11.5 Å². The Kier molecular flexibility index (Phi) is 16.8. The molecular formula is C38H50FNO4. The molecule has 0 aliphatic carbocycles. The fraction of sp³-hybridized carbons (Fsp3) is 0.421. The van der Waals surface area contributed by atoms with Gasteiger partial charge in [0.25, 0.3) is 5.91 Å². The van der Waals surface area contributed by atoms with Crippen molar-refractivity contribution in [1.29, 1.82) is 0 Å². The highest BCUT2D eigenvalue weighted by atomic mass is 19.1. The van der Waals surface area contributed by atoms with Crippen molar-refractivity contribution in [1.82, 2.24) is 5.32 Å². The molecule has 5 nitrogen and oxygen atoms in total. The van der Waals surface area contributed by atoms with Crippen LogP contribution in [0, 0.1) is 18.7 Å². The van der Waals surface area contributed by atoms with E-state index in [2.05, 4.69) is 24.9 Å². The lowest BCUT2D eigenvalue weighted by Gasteiger charge is -2.15. The lowest BCUT2D eigenvalue weighted by atomic mass is 9.91. The summed E-state index contributed by atoms with van der Waals surface area (Å²) in [6.45, 7) is 15.9. The second-order valence-electron chi connectivity index (χ2n) is 10.6. The zero-order chi connectivity index (χ0) is 32.3. The van der Waals surface area contributed by atoms with Gasteiger partial charge in [-0.2, -0.15) is 0 Å². The van der Waals surface area contributed by atoms with Crippen LogP contribution in [0.25, 0.3) is 12.7 Å². The molecule has 0 radical (unpaired) electrons. The third kappa shape index (κ3) is 12.1. The Morgan fingerprint density at radius 3 is 2.23 bits per heavy atom. The van der Waals surface area contributed by atoms with Crippen LogP contribution >= 0.6 is 0 Å². The average molecular weight is 604 g/mol. The van der Waals surface area contributed by atoms with E-state index in [1.54, 1.807) is 36.4 Å². The van der Waals surface area contributed by atoms with Crippen molar-refractivity contribution in [2.24, 2.45) is 5.92 Å². The molecule has 0 aromatic heterocycles. The first-order valence-electron chi connectivity index (χ1n) is 16.0. The zero-order valence-electron chi connectivity index (χ0n) is 27.2. The predicted molar refractivity (Wildman–Crippen MR) is 179 cm³/mol. The second-order valence-corrected chi connectivity index (χ2v) is 10.6. The highest BCUT2D eigenvalue weighted by Gasteiger charge is 2.12. The molecule has 3 rings (SSSR count). The summed E-state index contributed by atoms with van der Waals surface area (Å²) in [6, 6.07) is 16.7. The van der Waals surface area contributed by atoms with Gasteiger partial charge in [-0.1, -0.05) is 58.8 Å². The van der Waals surface area contributed by atoms with Gasteiger partial charge in [-0.25, -0.2) is 4.39 Å². The smallest absolute Gasteiger partial charge is 0.251 e. The first-order chi connectivity index (χ1) is 21.3. The molecule has 0 saturated heterocycles. The number of Topliss-reactive ketones (excluding diaryl/α,β-unsaturated/α-hetero) is 1. The average Bonchev–Trinajstić information content (AvgIpc) is 3.03. The SMILES string of the molecule is C=c1ccc(C(=O)NCCOCC)c(C)/c1=C/CCC(CCC)CCCC(=O)c1ccc(Oc2ccc(F)cc2)cc1.CC. The number of halogens is 1. The molecule has 1 unspecified atom stereocenters. The number of hydrogen-bond donors (Lipinski definition) is 1. The molecule has 0 heterocycles. The number of carbonyl (C=O) groups excluding carboxylic acids is 2. The summed E-state index contributed by atoms with van der Waals surface area (Å²) in [7, 11) is 0. The Morgan fingerprint density at radius 2 is 1.59 bits per heavy atom. The Balaban J connectivity index is 0.00000330. The second kappa shape index (κ2) is 20.2. The van der Waals surface area contributed by atoms with E-state index in [9.17, 15) is 14.0 Å². The quantitative estimate of drug-likeness (QED) is 0.125. The van der Waals surface area contributed by atoms with Crippen molar-refractivity contribution >= 4 is 24.3 Å². The molecule has 0 aliphatic rings. The van der Waals surface area contributed by atoms with Gasteiger partial charge in [0.1, 0.15) is 17.3 Å². The van der Waals surface area contributed by atoms with E-state index in [1.807, 2.05) is 39.8 Å². The number of hydrogen-bond acceptors (Lipinski definition) is 4. The van der Waals surface area contributed by atoms with Crippen LogP contribution in [-0.4, -0.2) is 31.4 Å². The zero-order valence-corrected chi connectivity index (χ0v) is 27.2. The number of benzene rings is 3. The summed E-state index contributed by atoms with van der Waals surface area (Å²) in [5.74, 6) is 1.40. The molecule has 0 saturated carbocycles. The molecule has 3 aromatic rings. The Labute approximate surface area is 263 Å². The molecule has 44 heavy (non-hydrogen) atoms. The molecule has 1 amide bonds. The molecule has 238 valence electrons. The maximum Gasteiger partial charge on any atom is 0.251 e. The summed E-state index contributed by atoms with van der Waals surface area (Å²) in [5, 5.41) is 4.88. The lowest BCUT2D eigenvalue weighted by molar-refractivity contribution is 0.0921. The minimum absolute atomic E-state index is 0.0922. The summed E-state index contributed by atoms with van der Waals surface area (Å²) in [5.41, 5.74) is 2.29. The van der Waals surface area contributed by atoms with Crippen LogP contribution in [0.5, 0.6) is 11.5 Å². The van der Waals surface area contributed by atoms with Crippen LogP contribution in [0.15, 0.2) is 60.7 Å². The van der Waals surface area contributed by atoms with Gasteiger partial charge in [-0.3, -0.25) is 9.59 Å². The van der Waals surface area contributed by atoms with Crippen LogP contribution in [0.3, 0.4) is 0 Å². The van der Waals surface area contributed by atoms with Gasteiger partial charge in [0.05, 0.1) is 6.61 Å². The van der Waals surface area contributed by atoms with Gasteiger partial charge in [0.15, 0.2) is 5.78 Å². The van der Waals surface area contributed by atoms with Gasteiger partial charge >= 0.3 is 0 Å². The van der Waals surface area contributed by atoms with Gasteiger partial charge < -0.3 is 14.8 Å². The molecule has 1 atom stereocenters. The van der Waals surface area contributed by atoms with E-state index in [4.69, 9.17) is 9.47 Å². The minimum atomic E-state index is -0.314. The van der Waals surface area contributed by atoms with E-state index in [0.29, 0.717) is 54.7 Å². The van der Waals surface area contributed by atoms with Gasteiger partial charge in [-0.05, 0) is 110 Å². The maximum atomic E-state index is 13.1. The highest BCUT2D eigenvalue weighted by Crippen LogP contribution is 2.24. The standard InChI is InChI=1S/C36H44FNO4.C2H6/c1-5-9-28(10-7-12-33-26(3)14-23-34(27(33)4)36(40)38-24-25-41-6-2)11-8-13-35(39)29-15-19-31(20-16-29)42-32-21-17-30(37)18-22-32;1-2/h12,14-23,28H,3,5-11,13,24-25H2,1-2,4H3,(H,38,40);1-2H3/b33-12+;. The third-order valence-corrected chi connectivity index (χ3v) is 7.45. The van der Waals surface area contributed by atoms with Gasteiger partial charge in [0, 0.05) is 30.7 Å². The van der Waals surface area contributed by atoms with Crippen LogP contribution < -0.4 is 20.5 Å². The monoisotopic (exact) mass is 603 g/mol. The summed E-state index contributed by atoms with van der Waals surface area (Å²) in [6.07, 6.45) is 8.70. The first-order valence-corrected chi connectivity index (χ1v) is 16.0. The predicted octanol–water partition coefficient (Wildman–Crippen LogP) is 8.16. The molecular weight excluding hydrogens is 553 g/mol. The maximum absolute atomic E-state index is 13.1. The number of nitrogens with one attached hydrogen (secondary N) is 1. The molecule has 1 N–H and O–H groups in total. The highest BCUT2D eigenvalue weighted by molar-refractivity contribution is 5.96. The fourth-order valence-corrected chi connectivity index (χ4v) is 5.14. The molecule has 0 fully saturated rings. The van der Waals surface area contributed by atoms with Crippen molar-refractivity contribution in [2.75, 3.05) is 19.8 Å². The number of carbonyl (C=O) groups is 2. The molecule has 0 aliphatic heterocycles. The number of amides is 1. The fourth-order valence-electron chi connectivity index (χ4n) is 5.14. The molecule has 3 aromatic carbocycles. The summed E-state index contributed by atoms with van der Waals surface area (Å²) in [4.78, 5) is 25.5. The van der Waals surface area contributed by atoms with E-state index in [1.165, 1.54) is 12.1 Å². The van der Waals surface area contributed by atoms with Gasteiger partial charge in [-0.15, -0.1) is 0 Å². The van der Waals surface area contributed by atoms with Gasteiger partial charge in [0.2, 0.25) is 0 Å². The topological polar surface area (TPSA) is 64.6 Å². The van der Waals surface area contributed by atoms with Crippen LogP contribution in [-0.2, 0) is 4.74 Å². The molecule has 6 heteroatoms. The molecule has 0 bridgehead atoms. The Morgan fingerprint density at radius 1 is 0.932 bits per heavy atom. The first kappa shape index (κ1) is 36.4. The van der Waals surface area contributed by atoms with E-state index < -0.39 is 0 Å². The van der Waals surface area contributed by atoms with Crippen molar-refractivity contribution in [3.05, 3.63) is 93.6 Å². The Bertz CT molecular complexity index is 1400. The normalized spacial score (nSPS) is 11.8. The largest absolute Gasteiger partial charge is 0.457 e. The Hall–Kier alpha value is -3.77. The van der Waals surface area contributed by atoms with E-state index in [-0.39, 0.29) is 17.5 Å². The van der Waals surface area contributed by atoms with Crippen molar-refractivity contribution in [2.45, 2.75) is 79.6 Å². The van der Waals surface area contributed by atoms with Crippen LogP contribution in [0.4, 0.5) is 4.39 Å². The van der Waals surface area contributed by atoms with Crippen molar-refractivity contribution < 1.29 is 23.5 Å². The summed E-state index contributed by atoms with van der Waals surface area (Å²) < 4.78 is 24.1. The van der Waals surface area contributed by atoms with Crippen LogP contribution in [0.2, 0.25) is 0 Å². The number of rotatable bonds is 17.